The summed E-state index contributed by atoms with van der Waals surface area (Å²) in [6.45, 7) is 9.10. The number of hydrogen-bond donors (Lipinski definition) is 1. The number of amides is 1. The summed E-state index contributed by atoms with van der Waals surface area (Å²) in [7, 11) is 0. The molecule has 0 aromatic rings. The van der Waals surface area contributed by atoms with Gasteiger partial charge in [0.2, 0.25) is 5.91 Å². The Labute approximate surface area is 142 Å². The van der Waals surface area contributed by atoms with Gasteiger partial charge >= 0.3 is 0 Å². The maximum absolute atomic E-state index is 12.5. The highest BCUT2D eigenvalue weighted by atomic mass is 16.2. The first kappa shape index (κ1) is 17.2. The number of carbonyl (C=O) groups is 1. The number of nitrogens with one attached hydrogen (secondary N) is 1. The second kappa shape index (κ2) is 8.48. The lowest BCUT2D eigenvalue weighted by Crippen LogP contribution is -2.46. The lowest BCUT2D eigenvalue weighted by atomic mass is 9.94. The van der Waals surface area contributed by atoms with Gasteiger partial charge < -0.3 is 15.1 Å². The molecule has 1 N–H and O–H groups in total. The zero-order valence-electron chi connectivity index (χ0n) is 14.9. The zero-order chi connectivity index (χ0) is 16.1. The van der Waals surface area contributed by atoms with Gasteiger partial charge in [0.05, 0.1) is 0 Å². The van der Waals surface area contributed by atoms with Gasteiger partial charge in [-0.1, -0.05) is 6.42 Å². The molecule has 0 saturated carbocycles. The van der Waals surface area contributed by atoms with Crippen LogP contribution in [0.1, 0.15) is 58.3 Å². The topological polar surface area (TPSA) is 35.6 Å². The average Bonchev–Trinajstić information content (AvgIpc) is 3.08. The number of rotatable bonds is 5. The molecule has 3 unspecified atom stereocenters. The van der Waals surface area contributed by atoms with Gasteiger partial charge in [0, 0.05) is 32.1 Å². The molecule has 0 bridgehead atoms. The summed E-state index contributed by atoms with van der Waals surface area (Å²) in [6, 6.07) is 0.740. The molecular formula is C19H35N3O. The van der Waals surface area contributed by atoms with Crippen molar-refractivity contribution in [1.29, 1.82) is 0 Å². The van der Waals surface area contributed by atoms with Crippen LogP contribution >= 0.6 is 0 Å². The monoisotopic (exact) mass is 321 g/mol. The highest BCUT2D eigenvalue weighted by Crippen LogP contribution is 2.24. The summed E-state index contributed by atoms with van der Waals surface area (Å²) in [4.78, 5) is 17.4. The van der Waals surface area contributed by atoms with E-state index < -0.39 is 0 Å². The second-order valence-corrected chi connectivity index (χ2v) is 8.09. The number of piperidine rings is 2. The average molecular weight is 322 g/mol. The number of carbonyl (C=O) groups excluding carboxylic acids is 1. The van der Waals surface area contributed by atoms with Crippen molar-refractivity contribution < 1.29 is 4.79 Å². The minimum atomic E-state index is 0.410. The van der Waals surface area contributed by atoms with Crippen LogP contribution in [0, 0.1) is 11.8 Å². The van der Waals surface area contributed by atoms with Crippen molar-refractivity contribution in [2.24, 2.45) is 11.8 Å². The van der Waals surface area contributed by atoms with Gasteiger partial charge in [-0.15, -0.1) is 0 Å². The molecule has 4 heteroatoms. The van der Waals surface area contributed by atoms with E-state index in [0.717, 1.165) is 51.0 Å². The van der Waals surface area contributed by atoms with Crippen LogP contribution in [0.4, 0.5) is 0 Å². The van der Waals surface area contributed by atoms with Crippen molar-refractivity contribution >= 4 is 5.91 Å². The SMILES string of the molecule is CC1CCCCN1CC1CCCN(C(=O)CCC2CCNC2)C1. The maximum Gasteiger partial charge on any atom is 0.222 e. The van der Waals surface area contributed by atoms with Crippen molar-refractivity contribution in [1.82, 2.24) is 15.1 Å². The van der Waals surface area contributed by atoms with E-state index in [1.165, 1.54) is 51.6 Å². The molecule has 132 valence electrons. The standard InChI is InChI=1S/C19H35N3O/c1-16-5-2-3-11-21(16)14-18-6-4-12-22(15-18)19(23)8-7-17-9-10-20-13-17/h16-18,20H,2-15H2,1H3. The van der Waals surface area contributed by atoms with Crippen LogP contribution in [0.2, 0.25) is 0 Å². The molecule has 4 nitrogen and oxygen atoms in total. The molecule has 3 aliphatic rings. The van der Waals surface area contributed by atoms with Gasteiger partial charge in [0.25, 0.3) is 0 Å². The normalized spacial score (nSPS) is 33.1. The van der Waals surface area contributed by atoms with Gasteiger partial charge in [-0.2, -0.15) is 0 Å². The van der Waals surface area contributed by atoms with Gasteiger partial charge in [-0.3, -0.25) is 4.79 Å². The fourth-order valence-corrected chi connectivity index (χ4v) is 4.65. The number of nitrogens with zero attached hydrogens (tertiary/aromatic N) is 2. The third-order valence-corrected chi connectivity index (χ3v) is 6.23. The Kier molecular flexibility index (Phi) is 6.35. The molecule has 0 aromatic carbocycles. The van der Waals surface area contributed by atoms with Crippen LogP contribution in [0.15, 0.2) is 0 Å². The minimum Gasteiger partial charge on any atom is -0.342 e. The highest BCUT2D eigenvalue weighted by Gasteiger charge is 2.28. The van der Waals surface area contributed by atoms with E-state index in [-0.39, 0.29) is 0 Å². The Morgan fingerprint density at radius 1 is 1.09 bits per heavy atom. The van der Waals surface area contributed by atoms with Gasteiger partial charge in [-0.05, 0) is 76.9 Å². The van der Waals surface area contributed by atoms with Gasteiger partial charge in [0.1, 0.15) is 0 Å². The Morgan fingerprint density at radius 2 is 2.00 bits per heavy atom. The van der Waals surface area contributed by atoms with Crippen LogP contribution in [0.25, 0.3) is 0 Å². The van der Waals surface area contributed by atoms with Crippen molar-refractivity contribution in [3.05, 3.63) is 0 Å². The van der Waals surface area contributed by atoms with Crippen LogP contribution < -0.4 is 5.32 Å². The molecule has 23 heavy (non-hydrogen) atoms. The lowest BCUT2D eigenvalue weighted by Gasteiger charge is -2.39. The highest BCUT2D eigenvalue weighted by molar-refractivity contribution is 5.76. The van der Waals surface area contributed by atoms with E-state index in [0.29, 0.717) is 11.8 Å². The smallest absolute Gasteiger partial charge is 0.222 e. The molecule has 0 aromatic heterocycles. The molecule has 1 amide bonds. The van der Waals surface area contributed by atoms with Crippen LogP contribution in [0.3, 0.4) is 0 Å². The minimum absolute atomic E-state index is 0.410. The molecular weight excluding hydrogens is 286 g/mol. The number of likely N-dealkylation sites (tertiary alicyclic amines) is 2. The van der Waals surface area contributed by atoms with E-state index in [4.69, 9.17) is 0 Å². The summed E-state index contributed by atoms with van der Waals surface area (Å²) in [5, 5.41) is 3.40. The Balaban J connectivity index is 1.42. The Hall–Kier alpha value is -0.610. The number of hydrogen-bond acceptors (Lipinski definition) is 3. The van der Waals surface area contributed by atoms with E-state index in [1.807, 2.05) is 0 Å². The molecule has 3 saturated heterocycles. The first-order valence-electron chi connectivity index (χ1n) is 9.95. The maximum atomic E-state index is 12.5. The zero-order valence-corrected chi connectivity index (χ0v) is 14.9. The molecule has 0 aliphatic carbocycles. The van der Waals surface area contributed by atoms with Crippen molar-refractivity contribution in [3.8, 4) is 0 Å². The lowest BCUT2D eigenvalue weighted by molar-refractivity contribution is -0.133. The van der Waals surface area contributed by atoms with Crippen LogP contribution in [-0.2, 0) is 4.79 Å². The molecule has 0 spiro atoms. The summed E-state index contributed by atoms with van der Waals surface area (Å²) >= 11 is 0. The fraction of sp³-hybridized carbons (Fsp3) is 0.947. The predicted octanol–water partition coefficient (Wildman–Crippen LogP) is 2.49. The molecule has 3 fully saturated rings. The molecule has 0 radical (unpaired) electrons. The predicted molar refractivity (Wildman–Crippen MR) is 94.4 cm³/mol. The fourth-order valence-electron chi connectivity index (χ4n) is 4.65. The van der Waals surface area contributed by atoms with E-state index in [1.54, 1.807) is 0 Å². The second-order valence-electron chi connectivity index (χ2n) is 8.09. The quantitative estimate of drug-likeness (QED) is 0.845. The van der Waals surface area contributed by atoms with E-state index >= 15 is 0 Å². The first-order valence-corrected chi connectivity index (χ1v) is 9.95. The third kappa shape index (κ3) is 4.93. The molecule has 3 heterocycles. The van der Waals surface area contributed by atoms with E-state index in [2.05, 4.69) is 22.0 Å². The Bertz CT molecular complexity index is 381. The summed E-state index contributed by atoms with van der Waals surface area (Å²) in [5.41, 5.74) is 0. The van der Waals surface area contributed by atoms with Gasteiger partial charge in [-0.25, -0.2) is 0 Å². The molecule has 3 rings (SSSR count). The summed E-state index contributed by atoms with van der Waals surface area (Å²) in [6.07, 6.45) is 9.70. The summed E-state index contributed by atoms with van der Waals surface area (Å²) < 4.78 is 0. The first-order chi connectivity index (χ1) is 11.2. The van der Waals surface area contributed by atoms with Crippen LogP contribution in [0.5, 0.6) is 0 Å². The van der Waals surface area contributed by atoms with Crippen LogP contribution in [-0.4, -0.2) is 61.0 Å². The van der Waals surface area contributed by atoms with Crippen molar-refractivity contribution in [3.63, 3.8) is 0 Å². The van der Waals surface area contributed by atoms with Crippen molar-refractivity contribution in [2.45, 2.75) is 64.3 Å². The van der Waals surface area contributed by atoms with E-state index in [9.17, 15) is 4.79 Å². The molecule has 3 atom stereocenters. The largest absolute Gasteiger partial charge is 0.342 e. The summed E-state index contributed by atoms with van der Waals surface area (Å²) in [5.74, 6) is 1.84. The van der Waals surface area contributed by atoms with Gasteiger partial charge in [0.15, 0.2) is 0 Å². The third-order valence-electron chi connectivity index (χ3n) is 6.23. The Morgan fingerprint density at radius 3 is 2.78 bits per heavy atom. The van der Waals surface area contributed by atoms with Crippen molar-refractivity contribution in [2.75, 3.05) is 39.3 Å². The molecule has 3 aliphatic heterocycles.